The number of benzene rings is 1. The summed E-state index contributed by atoms with van der Waals surface area (Å²) in [6.07, 6.45) is 0.596. The van der Waals surface area contributed by atoms with Crippen molar-refractivity contribution in [3.63, 3.8) is 0 Å². The molecule has 1 aromatic rings. The zero-order chi connectivity index (χ0) is 14.0. The molecule has 1 aliphatic rings. The number of carboxylic acids is 1. The number of likely N-dealkylation sites (tertiary alicyclic amines) is 1. The molecule has 3 N–H and O–H groups in total. The fourth-order valence-electron chi connectivity index (χ4n) is 2.56. The lowest BCUT2D eigenvalue weighted by Crippen LogP contribution is -2.39. The lowest BCUT2D eigenvalue weighted by molar-refractivity contribution is -0.143. The van der Waals surface area contributed by atoms with E-state index in [1.807, 2.05) is 23.1 Å². The number of carbonyl (C=O) groups is 2. The Balaban J connectivity index is 2.24. The highest BCUT2D eigenvalue weighted by atomic mass is 16.4. The van der Waals surface area contributed by atoms with E-state index in [4.69, 9.17) is 5.73 Å². The van der Waals surface area contributed by atoms with Gasteiger partial charge in [-0.3, -0.25) is 14.5 Å². The molecular weight excluding hydrogens is 244 g/mol. The molecule has 0 saturated carbocycles. The first kappa shape index (κ1) is 13.5. The molecule has 2 unspecified atom stereocenters. The van der Waals surface area contributed by atoms with Crippen LogP contribution >= 0.6 is 0 Å². The molecule has 1 aliphatic heterocycles. The Morgan fingerprint density at radius 3 is 2.47 bits per heavy atom. The Kier molecular flexibility index (Phi) is 3.57. The molecule has 0 bridgehead atoms. The lowest BCUT2D eigenvalue weighted by atomic mass is 9.89. The van der Waals surface area contributed by atoms with Crippen LogP contribution in [0, 0.1) is 5.41 Å². The minimum absolute atomic E-state index is 0.368. The van der Waals surface area contributed by atoms with Crippen LogP contribution in [0.25, 0.3) is 0 Å². The molecule has 1 aromatic carbocycles. The average Bonchev–Trinajstić information content (AvgIpc) is 2.74. The van der Waals surface area contributed by atoms with E-state index in [1.165, 1.54) is 0 Å². The maximum absolute atomic E-state index is 11.5. The van der Waals surface area contributed by atoms with Gasteiger partial charge >= 0.3 is 5.97 Å². The van der Waals surface area contributed by atoms with Crippen molar-refractivity contribution in [3.05, 3.63) is 35.9 Å². The van der Waals surface area contributed by atoms with Gasteiger partial charge in [-0.2, -0.15) is 0 Å². The summed E-state index contributed by atoms with van der Waals surface area (Å²) in [5.41, 5.74) is 5.49. The maximum Gasteiger partial charge on any atom is 0.325 e. The zero-order valence-electron chi connectivity index (χ0n) is 10.9. The minimum Gasteiger partial charge on any atom is -0.480 e. The zero-order valence-corrected chi connectivity index (χ0v) is 10.9. The predicted molar refractivity (Wildman–Crippen MR) is 70.3 cm³/mol. The summed E-state index contributed by atoms with van der Waals surface area (Å²) in [6.45, 7) is 2.73. The van der Waals surface area contributed by atoms with Crippen molar-refractivity contribution in [1.82, 2.24) is 4.90 Å². The second kappa shape index (κ2) is 5.01. The monoisotopic (exact) mass is 262 g/mol. The van der Waals surface area contributed by atoms with Crippen molar-refractivity contribution in [3.8, 4) is 0 Å². The quantitative estimate of drug-likeness (QED) is 0.848. The number of primary amides is 1. The molecule has 0 aromatic heterocycles. The van der Waals surface area contributed by atoms with Gasteiger partial charge in [0.15, 0.2) is 0 Å². The van der Waals surface area contributed by atoms with Gasteiger partial charge in [-0.15, -0.1) is 0 Å². The van der Waals surface area contributed by atoms with Crippen molar-refractivity contribution < 1.29 is 14.7 Å². The van der Waals surface area contributed by atoms with Crippen LogP contribution in [0.2, 0.25) is 0 Å². The molecule has 19 heavy (non-hydrogen) atoms. The van der Waals surface area contributed by atoms with Crippen LogP contribution in [0.1, 0.15) is 24.9 Å². The molecule has 1 amide bonds. The van der Waals surface area contributed by atoms with Crippen molar-refractivity contribution in [2.75, 3.05) is 13.1 Å². The Hall–Kier alpha value is -1.88. The third-order valence-electron chi connectivity index (χ3n) is 3.81. The van der Waals surface area contributed by atoms with Gasteiger partial charge < -0.3 is 10.8 Å². The summed E-state index contributed by atoms with van der Waals surface area (Å²) in [7, 11) is 0. The van der Waals surface area contributed by atoms with E-state index in [0.29, 0.717) is 19.5 Å². The standard InChI is InChI=1S/C14H18N2O3/c1-14(13(15)19)7-8-16(9-14)11(12(17)18)10-5-3-2-4-6-10/h2-6,11H,7-9H2,1H3,(H2,15,19)(H,17,18). The molecule has 1 saturated heterocycles. The smallest absolute Gasteiger partial charge is 0.325 e. The number of aliphatic carboxylic acids is 1. The number of nitrogens with two attached hydrogens (primary N) is 1. The largest absolute Gasteiger partial charge is 0.480 e. The summed E-state index contributed by atoms with van der Waals surface area (Å²) >= 11 is 0. The Labute approximate surface area is 112 Å². The van der Waals surface area contributed by atoms with Crippen LogP contribution in [-0.4, -0.2) is 35.0 Å². The van der Waals surface area contributed by atoms with Crippen LogP contribution < -0.4 is 5.73 Å². The maximum atomic E-state index is 11.5. The second-order valence-corrected chi connectivity index (χ2v) is 5.30. The number of hydrogen-bond donors (Lipinski definition) is 2. The SMILES string of the molecule is CC1(C(N)=O)CCN(C(C(=O)O)c2ccccc2)C1. The van der Waals surface area contributed by atoms with Crippen LogP contribution in [0.3, 0.4) is 0 Å². The van der Waals surface area contributed by atoms with Gasteiger partial charge in [0.05, 0.1) is 5.41 Å². The average molecular weight is 262 g/mol. The molecule has 1 heterocycles. The third kappa shape index (κ3) is 2.61. The normalized spacial score (nSPS) is 25.1. The molecule has 0 aliphatic carbocycles. The molecule has 1 fully saturated rings. The highest BCUT2D eigenvalue weighted by Gasteiger charge is 2.43. The van der Waals surface area contributed by atoms with Crippen LogP contribution in [0.4, 0.5) is 0 Å². The van der Waals surface area contributed by atoms with Crippen molar-refractivity contribution in [2.45, 2.75) is 19.4 Å². The van der Waals surface area contributed by atoms with E-state index >= 15 is 0 Å². The van der Waals surface area contributed by atoms with Gasteiger partial charge in [0.2, 0.25) is 5.91 Å². The van der Waals surface area contributed by atoms with Gasteiger partial charge in [0, 0.05) is 13.1 Å². The first-order valence-corrected chi connectivity index (χ1v) is 6.26. The van der Waals surface area contributed by atoms with Gasteiger partial charge in [-0.1, -0.05) is 30.3 Å². The molecular formula is C14H18N2O3. The third-order valence-corrected chi connectivity index (χ3v) is 3.81. The van der Waals surface area contributed by atoms with Gasteiger partial charge in [-0.05, 0) is 18.9 Å². The Morgan fingerprint density at radius 2 is 2.00 bits per heavy atom. The van der Waals surface area contributed by atoms with E-state index in [0.717, 1.165) is 5.56 Å². The fourth-order valence-corrected chi connectivity index (χ4v) is 2.56. The van der Waals surface area contributed by atoms with Gasteiger partial charge in [-0.25, -0.2) is 0 Å². The first-order chi connectivity index (χ1) is 8.94. The van der Waals surface area contributed by atoms with Crippen molar-refractivity contribution >= 4 is 11.9 Å². The summed E-state index contributed by atoms with van der Waals surface area (Å²) in [6, 6.07) is 8.34. The van der Waals surface area contributed by atoms with E-state index < -0.39 is 17.4 Å². The van der Waals surface area contributed by atoms with E-state index in [1.54, 1.807) is 19.1 Å². The molecule has 5 heteroatoms. The van der Waals surface area contributed by atoms with Crippen molar-refractivity contribution in [2.24, 2.45) is 11.1 Å². The molecule has 5 nitrogen and oxygen atoms in total. The molecule has 2 atom stereocenters. The van der Waals surface area contributed by atoms with Crippen LogP contribution in [0.5, 0.6) is 0 Å². The van der Waals surface area contributed by atoms with E-state index in [-0.39, 0.29) is 5.91 Å². The van der Waals surface area contributed by atoms with Gasteiger partial charge in [0.1, 0.15) is 6.04 Å². The second-order valence-electron chi connectivity index (χ2n) is 5.30. The number of amides is 1. The predicted octanol–water partition coefficient (Wildman–Crippen LogP) is 1.01. The van der Waals surface area contributed by atoms with Crippen LogP contribution in [0.15, 0.2) is 30.3 Å². The fraction of sp³-hybridized carbons (Fsp3) is 0.429. The number of carbonyl (C=O) groups excluding carboxylic acids is 1. The van der Waals surface area contributed by atoms with E-state index in [9.17, 15) is 14.7 Å². The molecule has 0 radical (unpaired) electrons. The topological polar surface area (TPSA) is 83.6 Å². The Bertz CT molecular complexity index is 489. The lowest BCUT2D eigenvalue weighted by Gasteiger charge is -2.26. The molecule has 2 rings (SSSR count). The minimum atomic E-state index is -0.903. The van der Waals surface area contributed by atoms with Gasteiger partial charge in [0.25, 0.3) is 0 Å². The highest BCUT2D eigenvalue weighted by Crippen LogP contribution is 2.35. The van der Waals surface area contributed by atoms with Crippen molar-refractivity contribution in [1.29, 1.82) is 0 Å². The number of nitrogens with zero attached hydrogens (tertiary/aromatic N) is 1. The number of rotatable bonds is 4. The van der Waals surface area contributed by atoms with Crippen LogP contribution in [-0.2, 0) is 9.59 Å². The highest BCUT2D eigenvalue weighted by molar-refractivity contribution is 5.81. The molecule has 102 valence electrons. The van der Waals surface area contributed by atoms with E-state index in [2.05, 4.69) is 0 Å². The summed E-state index contributed by atoms with van der Waals surface area (Å²) in [5, 5.41) is 9.44. The number of hydrogen-bond acceptors (Lipinski definition) is 3. The first-order valence-electron chi connectivity index (χ1n) is 6.26. The molecule has 0 spiro atoms. The Morgan fingerprint density at radius 1 is 1.37 bits per heavy atom. The summed E-state index contributed by atoms with van der Waals surface area (Å²) in [4.78, 5) is 24.8. The number of carboxylic acid groups (broad SMARTS) is 1. The summed E-state index contributed by atoms with van der Waals surface area (Å²) < 4.78 is 0. The summed E-state index contributed by atoms with van der Waals surface area (Å²) in [5.74, 6) is -1.27.